The number of para-hydroxylation sites is 1. The van der Waals surface area contributed by atoms with Crippen LogP contribution in [0.3, 0.4) is 0 Å². The van der Waals surface area contributed by atoms with Crippen molar-refractivity contribution < 1.29 is 0 Å². The molecule has 0 aliphatic carbocycles. The number of H-pyrrole nitrogens is 1. The van der Waals surface area contributed by atoms with E-state index >= 15 is 0 Å². The topological polar surface area (TPSA) is 15.8 Å². The maximum atomic E-state index is 3.26. The van der Waals surface area contributed by atoms with Gasteiger partial charge < -0.3 is 0 Å². The molecule has 0 amide bonds. The number of rotatable bonds is 2. The van der Waals surface area contributed by atoms with Crippen LogP contribution in [0, 0.1) is 0 Å². The van der Waals surface area contributed by atoms with E-state index in [-0.39, 0.29) is 0 Å². The molecule has 0 spiro atoms. The van der Waals surface area contributed by atoms with E-state index in [1.54, 1.807) is 0 Å². The standard InChI is InChI=1S/C10H10NSe/c12-6-5-8-7-11-10-4-2-1-3-9(8)10/h1-4,7,11H,5-6H2. The van der Waals surface area contributed by atoms with Crippen LogP contribution in [0.2, 0.25) is 5.32 Å². The van der Waals surface area contributed by atoms with E-state index in [1.165, 1.54) is 16.5 Å². The third-order valence-electron chi connectivity index (χ3n) is 2.05. The second kappa shape index (κ2) is 3.34. The fraction of sp³-hybridized carbons (Fsp3) is 0.200. The fourth-order valence-electron chi connectivity index (χ4n) is 1.45. The Bertz CT molecular complexity index is 378. The van der Waals surface area contributed by atoms with Gasteiger partial charge in [0, 0.05) is 0 Å². The first-order valence-electron chi connectivity index (χ1n) is 4.05. The quantitative estimate of drug-likeness (QED) is 0.752. The summed E-state index contributed by atoms with van der Waals surface area (Å²) in [6, 6.07) is 8.41. The van der Waals surface area contributed by atoms with Crippen molar-refractivity contribution in [2.75, 3.05) is 0 Å². The normalized spacial score (nSPS) is 10.8. The van der Waals surface area contributed by atoms with Gasteiger partial charge in [0.05, 0.1) is 0 Å². The summed E-state index contributed by atoms with van der Waals surface area (Å²) in [6.07, 6.45) is 3.21. The number of aromatic nitrogens is 1. The number of fused-ring (bicyclic) bond motifs is 1. The molecule has 0 unspecified atom stereocenters. The Morgan fingerprint density at radius 1 is 1.25 bits per heavy atom. The molecule has 1 aromatic carbocycles. The van der Waals surface area contributed by atoms with Gasteiger partial charge in [0.1, 0.15) is 0 Å². The summed E-state index contributed by atoms with van der Waals surface area (Å²) in [5, 5.41) is 2.44. The number of nitrogens with one attached hydrogen (secondary N) is 1. The predicted octanol–water partition coefficient (Wildman–Crippen LogP) is 2.30. The number of aromatic amines is 1. The molecule has 0 bridgehead atoms. The van der Waals surface area contributed by atoms with E-state index in [0.717, 1.165) is 11.7 Å². The molecule has 0 aliphatic rings. The molecule has 12 heavy (non-hydrogen) atoms. The van der Waals surface area contributed by atoms with Gasteiger partial charge in [-0.25, -0.2) is 0 Å². The summed E-state index contributed by atoms with van der Waals surface area (Å²) in [5.41, 5.74) is 2.64. The van der Waals surface area contributed by atoms with Crippen molar-refractivity contribution in [3.05, 3.63) is 36.0 Å². The summed E-state index contributed by atoms with van der Waals surface area (Å²) in [4.78, 5) is 3.26. The molecule has 0 saturated heterocycles. The molecule has 0 saturated carbocycles. The van der Waals surface area contributed by atoms with Crippen molar-refractivity contribution in [3.8, 4) is 0 Å². The van der Waals surface area contributed by atoms with Crippen LogP contribution < -0.4 is 0 Å². The summed E-state index contributed by atoms with van der Waals surface area (Å²) in [7, 11) is 0. The van der Waals surface area contributed by atoms with Crippen LogP contribution in [0.25, 0.3) is 10.9 Å². The van der Waals surface area contributed by atoms with E-state index in [0.29, 0.717) is 0 Å². The summed E-state index contributed by atoms with van der Waals surface area (Å²) >= 11 is 3.03. The van der Waals surface area contributed by atoms with Gasteiger partial charge in [-0.3, -0.25) is 0 Å². The molecule has 2 heteroatoms. The zero-order valence-corrected chi connectivity index (χ0v) is 8.42. The van der Waals surface area contributed by atoms with E-state index in [4.69, 9.17) is 0 Å². The van der Waals surface area contributed by atoms with Crippen molar-refractivity contribution in [1.82, 2.24) is 4.98 Å². The number of aryl methyl sites for hydroxylation is 1. The number of benzene rings is 1. The molecule has 0 atom stereocenters. The van der Waals surface area contributed by atoms with E-state index in [2.05, 4.69) is 51.5 Å². The minimum atomic E-state index is 1.09. The van der Waals surface area contributed by atoms with Gasteiger partial charge in [0.2, 0.25) is 0 Å². The summed E-state index contributed by atoms with van der Waals surface area (Å²) in [5.74, 6) is 0. The molecular weight excluding hydrogens is 213 g/mol. The minimum absolute atomic E-state index is 1.09. The first kappa shape index (κ1) is 7.90. The average Bonchev–Trinajstić information content (AvgIpc) is 2.50. The van der Waals surface area contributed by atoms with Crippen molar-refractivity contribution in [3.63, 3.8) is 0 Å². The van der Waals surface area contributed by atoms with Crippen LogP contribution in [0.1, 0.15) is 5.56 Å². The molecule has 1 nitrogen and oxygen atoms in total. The van der Waals surface area contributed by atoms with E-state index in [9.17, 15) is 0 Å². The fourth-order valence-corrected chi connectivity index (χ4v) is 1.91. The van der Waals surface area contributed by atoms with Gasteiger partial charge in [-0.05, 0) is 0 Å². The molecule has 2 rings (SSSR count). The van der Waals surface area contributed by atoms with E-state index < -0.39 is 0 Å². The molecule has 61 valence electrons. The monoisotopic (exact) mass is 224 g/mol. The Morgan fingerprint density at radius 3 is 2.92 bits per heavy atom. The molecule has 1 N–H and O–H groups in total. The first-order valence-corrected chi connectivity index (χ1v) is 5.26. The van der Waals surface area contributed by atoms with Gasteiger partial charge in [0.15, 0.2) is 0 Å². The summed E-state index contributed by atoms with van der Waals surface area (Å²) in [6.45, 7) is 0. The zero-order chi connectivity index (χ0) is 8.39. The molecule has 1 radical (unpaired) electrons. The number of hydrogen-bond donors (Lipinski definition) is 1. The Balaban J connectivity index is 2.55. The molecule has 1 heterocycles. The van der Waals surface area contributed by atoms with Crippen LogP contribution in [-0.2, 0) is 6.42 Å². The molecule has 0 fully saturated rings. The Kier molecular flexibility index (Phi) is 2.20. The van der Waals surface area contributed by atoms with Gasteiger partial charge in [-0.15, -0.1) is 0 Å². The van der Waals surface area contributed by atoms with Crippen molar-refractivity contribution >= 4 is 26.9 Å². The van der Waals surface area contributed by atoms with Crippen molar-refractivity contribution in [1.29, 1.82) is 0 Å². The van der Waals surface area contributed by atoms with Crippen LogP contribution in [-0.4, -0.2) is 21.0 Å². The summed E-state index contributed by atoms with van der Waals surface area (Å²) < 4.78 is 0. The molecule has 2 aromatic rings. The SMILES string of the molecule is [Se]CCc1c[nH]c2ccccc12. The Labute approximate surface area is 80.0 Å². The maximum absolute atomic E-state index is 3.26. The second-order valence-corrected chi connectivity index (χ2v) is 3.67. The molecule has 0 aliphatic heterocycles. The number of hydrogen-bond acceptors (Lipinski definition) is 0. The third-order valence-corrected chi connectivity index (χ3v) is 2.47. The van der Waals surface area contributed by atoms with E-state index in [1.807, 2.05) is 0 Å². The van der Waals surface area contributed by atoms with Crippen LogP contribution in [0.4, 0.5) is 0 Å². The van der Waals surface area contributed by atoms with Crippen LogP contribution in [0.5, 0.6) is 0 Å². The molecule has 1 aromatic heterocycles. The van der Waals surface area contributed by atoms with Gasteiger partial charge in [-0.1, -0.05) is 0 Å². The van der Waals surface area contributed by atoms with Crippen LogP contribution >= 0.6 is 0 Å². The van der Waals surface area contributed by atoms with Crippen molar-refractivity contribution in [2.24, 2.45) is 0 Å². The first-order chi connectivity index (χ1) is 5.92. The van der Waals surface area contributed by atoms with Crippen molar-refractivity contribution in [2.45, 2.75) is 11.7 Å². The second-order valence-electron chi connectivity index (χ2n) is 2.81. The van der Waals surface area contributed by atoms with Gasteiger partial charge in [0.25, 0.3) is 0 Å². The van der Waals surface area contributed by atoms with Crippen LogP contribution in [0.15, 0.2) is 30.5 Å². The predicted molar refractivity (Wildman–Crippen MR) is 52.6 cm³/mol. The van der Waals surface area contributed by atoms with Gasteiger partial charge in [-0.2, -0.15) is 0 Å². The van der Waals surface area contributed by atoms with Gasteiger partial charge >= 0.3 is 79.7 Å². The third kappa shape index (κ3) is 1.28. The zero-order valence-electron chi connectivity index (χ0n) is 6.71. The Hall–Kier alpha value is -0.721. The Morgan fingerprint density at radius 2 is 2.08 bits per heavy atom. The molecular formula is C10H10NSe. The average molecular weight is 223 g/mol.